The molecule has 0 aliphatic heterocycles. The summed E-state index contributed by atoms with van der Waals surface area (Å²) in [5, 5.41) is 9.76. The van der Waals surface area contributed by atoms with Crippen molar-refractivity contribution >= 4 is 27.0 Å². The lowest BCUT2D eigenvalue weighted by molar-refractivity contribution is -0.145. The van der Waals surface area contributed by atoms with Crippen LogP contribution in [0.1, 0.15) is 74.6 Å². The summed E-state index contributed by atoms with van der Waals surface area (Å²) in [6.07, 6.45) is 4.70. The Bertz CT molecular complexity index is 1890. The van der Waals surface area contributed by atoms with Crippen molar-refractivity contribution in [2.75, 3.05) is 13.6 Å². The van der Waals surface area contributed by atoms with Crippen molar-refractivity contribution in [3.63, 3.8) is 0 Å². The van der Waals surface area contributed by atoms with Crippen LogP contribution in [0.2, 0.25) is 0 Å². The van der Waals surface area contributed by atoms with Gasteiger partial charge in [0.2, 0.25) is 6.10 Å². The molecule has 0 aliphatic rings. The van der Waals surface area contributed by atoms with E-state index >= 15 is 0 Å². The van der Waals surface area contributed by atoms with Crippen LogP contribution in [0.4, 0.5) is 0 Å². The number of aliphatic carboxylic acids is 1. The van der Waals surface area contributed by atoms with Crippen molar-refractivity contribution in [2.24, 2.45) is 0 Å². The van der Waals surface area contributed by atoms with Gasteiger partial charge < -0.3 is 9.84 Å². The van der Waals surface area contributed by atoms with Gasteiger partial charge in [-0.1, -0.05) is 93.4 Å². The Kier molecular flexibility index (Phi) is 10.8. The number of rotatable bonds is 16. The Labute approximate surface area is 277 Å². The van der Waals surface area contributed by atoms with E-state index in [0.29, 0.717) is 30.7 Å². The third-order valence-electron chi connectivity index (χ3n) is 8.59. The topological polar surface area (TPSA) is 98.5 Å². The van der Waals surface area contributed by atoms with Crippen LogP contribution in [-0.4, -0.2) is 42.7 Å². The molecule has 2 unspecified atom stereocenters. The highest BCUT2D eigenvalue weighted by molar-refractivity contribution is 7.90. The molecule has 8 nitrogen and oxygen atoms in total. The van der Waals surface area contributed by atoms with Gasteiger partial charge >= 0.3 is 16.0 Å². The number of aryl methyl sites for hydroxylation is 1. The Morgan fingerprint density at radius 3 is 2.13 bits per heavy atom. The highest BCUT2D eigenvalue weighted by atomic mass is 32.2. The lowest BCUT2D eigenvalue weighted by atomic mass is 10.0. The maximum Gasteiger partial charge on any atom is 0.350 e. The van der Waals surface area contributed by atoms with Gasteiger partial charge in [-0.2, -0.15) is 13.1 Å². The SMILES string of the molecule is CCCCC[N+](C)(n1c(CCCC)nc2ccc(Cc3ccc(OC(C(=O)O)c4ccccc4)cc3)cc21)S(=O)(=O)c1ccccc1. The van der Waals surface area contributed by atoms with Gasteiger partial charge in [0.25, 0.3) is 0 Å². The minimum atomic E-state index is -3.85. The summed E-state index contributed by atoms with van der Waals surface area (Å²) in [6, 6.07) is 31.1. The molecule has 9 heteroatoms. The number of benzene rings is 4. The predicted molar refractivity (Wildman–Crippen MR) is 187 cm³/mol. The quantitative estimate of drug-likeness (QED) is 0.0861. The number of aromatic nitrogens is 2. The summed E-state index contributed by atoms with van der Waals surface area (Å²) in [4.78, 5) is 17.2. The molecule has 0 fully saturated rings. The highest BCUT2D eigenvalue weighted by Crippen LogP contribution is 2.30. The number of unbranched alkanes of at least 4 members (excludes halogenated alkanes) is 3. The molecule has 1 heterocycles. The third kappa shape index (κ3) is 7.42. The summed E-state index contributed by atoms with van der Waals surface area (Å²) >= 11 is 0. The van der Waals surface area contributed by atoms with Gasteiger partial charge in [0.15, 0.2) is 5.82 Å². The molecule has 5 rings (SSSR count). The lowest BCUT2D eigenvalue weighted by Crippen LogP contribution is -2.59. The van der Waals surface area contributed by atoms with Crippen molar-refractivity contribution in [2.45, 2.75) is 69.8 Å². The highest BCUT2D eigenvalue weighted by Gasteiger charge is 2.43. The molecule has 47 heavy (non-hydrogen) atoms. The van der Waals surface area contributed by atoms with Crippen LogP contribution in [-0.2, 0) is 27.7 Å². The number of sulfonamides is 1. The van der Waals surface area contributed by atoms with E-state index in [1.54, 1.807) is 67.7 Å². The van der Waals surface area contributed by atoms with Gasteiger partial charge in [0.1, 0.15) is 29.8 Å². The minimum Gasteiger partial charge on any atom is -0.478 e. The van der Waals surface area contributed by atoms with Crippen molar-refractivity contribution in [1.29, 1.82) is 0 Å². The first-order valence-electron chi connectivity index (χ1n) is 16.4. The van der Waals surface area contributed by atoms with Crippen LogP contribution in [0.15, 0.2) is 108 Å². The van der Waals surface area contributed by atoms with Gasteiger partial charge in [-0.3, -0.25) is 0 Å². The second-order valence-electron chi connectivity index (χ2n) is 12.1. The zero-order valence-corrected chi connectivity index (χ0v) is 28.2. The zero-order valence-electron chi connectivity index (χ0n) is 27.4. The number of carboxylic acids is 1. The van der Waals surface area contributed by atoms with Gasteiger partial charge in [0, 0.05) is 18.4 Å². The molecule has 0 radical (unpaired) electrons. The fourth-order valence-corrected chi connectivity index (χ4v) is 7.71. The summed E-state index contributed by atoms with van der Waals surface area (Å²) in [6.45, 7) is 4.66. The zero-order chi connectivity index (χ0) is 33.4. The van der Waals surface area contributed by atoms with E-state index in [1.807, 2.05) is 41.1 Å². The number of carbonyl (C=O) groups is 1. The number of hydrogen-bond donors (Lipinski definition) is 1. The van der Waals surface area contributed by atoms with Gasteiger partial charge in [-0.05, 0) is 66.8 Å². The molecular weight excluding hydrogens is 611 g/mol. The van der Waals surface area contributed by atoms with Crippen molar-refractivity contribution in [3.8, 4) is 5.75 Å². The molecule has 0 spiro atoms. The Morgan fingerprint density at radius 2 is 1.49 bits per heavy atom. The normalized spacial score (nSPS) is 13.7. The number of hydrogen-bond acceptors (Lipinski definition) is 5. The number of imidazole rings is 1. The fourth-order valence-electron chi connectivity index (χ4n) is 5.99. The minimum absolute atomic E-state index is 0.290. The van der Waals surface area contributed by atoms with Crippen LogP contribution in [0, 0.1) is 0 Å². The standard InChI is InChI=1S/C38H43N3O5S/c1-4-6-14-26-41(3,47(44,45)33-17-12-9-13-18-33)40-35-28-30(22-25-34(35)39-36(40)19-7-5-2)27-29-20-23-32(24-21-29)46-37(38(42)43)31-15-10-8-11-16-31/h8-13,15-18,20-25,28,37H,4-7,14,19,26-27H2,1-3H3/p+1. The Hall–Kier alpha value is -4.47. The molecule has 2 atom stereocenters. The molecule has 1 N–H and O–H groups in total. The smallest absolute Gasteiger partial charge is 0.350 e. The number of quaternary nitrogens is 1. The lowest BCUT2D eigenvalue weighted by Gasteiger charge is -2.34. The van der Waals surface area contributed by atoms with Crippen LogP contribution < -0.4 is 8.73 Å². The van der Waals surface area contributed by atoms with Crippen LogP contribution in [0.25, 0.3) is 11.0 Å². The number of nitrogens with zero attached hydrogens (tertiary/aromatic N) is 3. The van der Waals surface area contributed by atoms with Crippen LogP contribution in [0.5, 0.6) is 5.75 Å². The summed E-state index contributed by atoms with van der Waals surface area (Å²) in [7, 11) is -2.05. The Morgan fingerprint density at radius 1 is 0.851 bits per heavy atom. The van der Waals surface area contributed by atoms with E-state index in [4.69, 9.17) is 9.72 Å². The Balaban J connectivity index is 1.51. The predicted octanol–water partition coefficient (Wildman–Crippen LogP) is 7.82. The summed E-state index contributed by atoms with van der Waals surface area (Å²) in [5.41, 5.74) is 4.16. The van der Waals surface area contributed by atoms with Crippen LogP contribution >= 0.6 is 0 Å². The van der Waals surface area contributed by atoms with Gasteiger partial charge in [0.05, 0.1) is 5.52 Å². The molecule has 1 aromatic heterocycles. The molecular formula is C38H44N3O5S+. The molecule has 0 saturated carbocycles. The summed E-state index contributed by atoms with van der Waals surface area (Å²) in [5.74, 6) is 0.175. The monoisotopic (exact) mass is 654 g/mol. The second kappa shape index (κ2) is 15.0. The molecule has 0 aliphatic carbocycles. The van der Waals surface area contributed by atoms with Gasteiger partial charge in [-0.15, -0.1) is 4.00 Å². The number of carboxylic acid groups (broad SMARTS) is 1. The van der Waals surface area contributed by atoms with E-state index in [0.717, 1.165) is 60.1 Å². The van der Waals surface area contributed by atoms with E-state index in [2.05, 4.69) is 19.9 Å². The molecule has 0 saturated heterocycles. The molecule has 246 valence electrons. The molecule has 4 aromatic carbocycles. The second-order valence-corrected chi connectivity index (χ2v) is 14.3. The number of fused-ring (bicyclic) bond motifs is 1. The van der Waals surface area contributed by atoms with E-state index < -0.39 is 22.1 Å². The molecule has 0 bridgehead atoms. The largest absolute Gasteiger partial charge is 0.478 e. The number of ether oxygens (including phenoxy) is 1. The third-order valence-corrected chi connectivity index (χ3v) is 10.8. The van der Waals surface area contributed by atoms with Crippen LogP contribution in [0.3, 0.4) is 0 Å². The van der Waals surface area contributed by atoms with Crippen molar-refractivity contribution in [3.05, 3.63) is 126 Å². The van der Waals surface area contributed by atoms with Gasteiger partial charge in [-0.25, -0.2) is 9.78 Å². The first-order valence-corrected chi connectivity index (χ1v) is 17.8. The first-order chi connectivity index (χ1) is 22.7. The summed E-state index contributed by atoms with van der Waals surface area (Å²) < 4.78 is 36.5. The van der Waals surface area contributed by atoms with E-state index in [1.165, 1.54) is 0 Å². The fraction of sp³-hybridized carbons (Fsp3) is 0.316. The van der Waals surface area contributed by atoms with E-state index in [-0.39, 0.29) is 8.89 Å². The maximum atomic E-state index is 14.5. The maximum absolute atomic E-state index is 14.5. The van der Waals surface area contributed by atoms with Crippen molar-refractivity contribution < 1.29 is 23.1 Å². The molecule has 5 aromatic rings. The molecule has 0 amide bonds. The average Bonchev–Trinajstić information content (AvgIpc) is 3.45. The van der Waals surface area contributed by atoms with Crippen molar-refractivity contribution in [1.82, 2.24) is 13.7 Å². The van der Waals surface area contributed by atoms with E-state index in [9.17, 15) is 18.3 Å². The first kappa shape index (κ1) is 33.9. The average molecular weight is 655 g/mol.